The molecule has 0 amide bonds. The summed E-state index contributed by atoms with van der Waals surface area (Å²) >= 11 is 0. The molecular formula is C30H34O9. The van der Waals surface area contributed by atoms with Gasteiger partial charge in [-0.3, -0.25) is 0 Å². The van der Waals surface area contributed by atoms with Gasteiger partial charge in [-0.2, -0.15) is 0 Å². The van der Waals surface area contributed by atoms with E-state index in [0.717, 1.165) is 29.6 Å². The Morgan fingerprint density at radius 1 is 0.846 bits per heavy atom. The van der Waals surface area contributed by atoms with Gasteiger partial charge in [0, 0.05) is 23.0 Å². The van der Waals surface area contributed by atoms with Crippen molar-refractivity contribution < 1.29 is 42.8 Å². The van der Waals surface area contributed by atoms with Gasteiger partial charge in [0.25, 0.3) is 0 Å². The highest BCUT2D eigenvalue weighted by Gasteiger charge is 2.67. The second-order valence-electron chi connectivity index (χ2n) is 12.2. The predicted molar refractivity (Wildman–Crippen MR) is 135 cm³/mol. The Morgan fingerprint density at radius 2 is 1.51 bits per heavy atom. The Labute approximate surface area is 227 Å². The van der Waals surface area contributed by atoms with Crippen LogP contribution in [0, 0.1) is 11.8 Å². The number of allylic oxidation sites excluding steroid dienone is 2. The monoisotopic (exact) mass is 538 g/mol. The van der Waals surface area contributed by atoms with Gasteiger partial charge in [0.15, 0.2) is 0 Å². The molecule has 2 aliphatic carbocycles. The molecule has 39 heavy (non-hydrogen) atoms. The fourth-order valence-corrected chi connectivity index (χ4v) is 7.36. The van der Waals surface area contributed by atoms with Crippen LogP contribution in [0.25, 0.3) is 0 Å². The fraction of sp³-hybridized carbons (Fsp3) is 0.633. The van der Waals surface area contributed by atoms with Crippen LogP contribution in [0.15, 0.2) is 46.6 Å². The van der Waals surface area contributed by atoms with Crippen molar-refractivity contribution in [1.82, 2.24) is 0 Å². The van der Waals surface area contributed by atoms with E-state index in [9.17, 15) is 14.4 Å². The van der Waals surface area contributed by atoms with E-state index in [0.29, 0.717) is 43.3 Å². The van der Waals surface area contributed by atoms with Crippen LogP contribution < -0.4 is 0 Å². The molecule has 208 valence electrons. The Hall–Kier alpha value is -2.91. The van der Waals surface area contributed by atoms with Crippen LogP contribution in [0.1, 0.15) is 58.8 Å². The third-order valence-electron chi connectivity index (χ3n) is 9.87. The van der Waals surface area contributed by atoms with Crippen molar-refractivity contribution in [3.8, 4) is 0 Å². The standard InChI is InChI=1S/C30H34O9/c1-15-18-9-6-17-8-11-20(30(3)25(39-30)22(18)36-26(15)31)21-19-10-7-16(13-34-28(33)35-14-17)5-4-12-29(2)24(38-29)23(19)37-27(21)32/h5,8,18-19,22-25H,1,4,6-7,9-14H2,2-3H3/b16-5+,17-8+,21-20-/t18-,19-,22-,23-,24-,25-,29+,30+/m0/s1. The lowest BCUT2D eigenvalue weighted by Gasteiger charge is -2.25. The van der Waals surface area contributed by atoms with Crippen molar-refractivity contribution in [2.45, 2.75) is 94.4 Å². The molecule has 0 aromatic rings. The summed E-state index contributed by atoms with van der Waals surface area (Å²) in [6.45, 7) is 8.24. The molecule has 0 aromatic heterocycles. The average molecular weight is 539 g/mol. The van der Waals surface area contributed by atoms with Crippen molar-refractivity contribution in [3.63, 3.8) is 0 Å². The van der Waals surface area contributed by atoms with Crippen molar-refractivity contribution in [1.29, 1.82) is 0 Å². The minimum absolute atomic E-state index is 0.0604. The van der Waals surface area contributed by atoms with Crippen LogP contribution in [-0.4, -0.2) is 66.9 Å². The van der Waals surface area contributed by atoms with Gasteiger partial charge in [-0.05, 0) is 75.5 Å². The smallest absolute Gasteiger partial charge is 0.455 e. The molecule has 8 atom stereocenters. The Balaban J connectivity index is 1.36. The summed E-state index contributed by atoms with van der Waals surface area (Å²) in [5.41, 5.74) is 2.63. The first kappa shape index (κ1) is 25.1. The van der Waals surface area contributed by atoms with E-state index in [1.807, 2.05) is 13.0 Å². The number of rotatable bonds is 0. The maximum atomic E-state index is 13.7. The normalized spacial score (nSPS) is 47.9. The molecule has 9 nitrogen and oxygen atoms in total. The first-order valence-corrected chi connectivity index (χ1v) is 14.0. The summed E-state index contributed by atoms with van der Waals surface area (Å²) in [5.74, 6) is -1.17. The molecule has 0 radical (unpaired) electrons. The van der Waals surface area contributed by atoms with E-state index in [-0.39, 0.29) is 54.9 Å². The minimum Gasteiger partial charge on any atom is -0.455 e. The lowest BCUT2D eigenvalue weighted by Crippen LogP contribution is -2.32. The maximum Gasteiger partial charge on any atom is 0.508 e. The summed E-state index contributed by atoms with van der Waals surface area (Å²) < 4.78 is 35.4. The summed E-state index contributed by atoms with van der Waals surface area (Å²) in [6, 6.07) is 0. The third-order valence-corrected chi connectivity index (χ3v) is 9.87. The number of epoxide rings is 2. The third kappa shape index (κ3) is 4.08. The molecule has 0 spiro atoms. The molecule has 5 aliphatic heterocycles. The van der Waals surface area contributed by atoms with E-state index >= 15 is 0 Å². The Bertz CT molecular complexity index is 1260. The summed E-state index contributed by atoms with van der Waals surface area (Å²) in [4.78, 5) is 38.7. The molecule has 0 saturated carbocycles. The zero-order chi connectivity index (χ0) is 27.1. The molecule has 0 N–H and O–H groups in total. The molecule has 0 unspecified atom stereocenters. The lowest BCUT2D eigenvalue weighted by atomic mass is 9.76. The van der Waals surface area contributed by atoms with Crippen molar-refractivity contribution >= 4 is 18.1 Å². The van der Waals surface area contributed by atoms with E-state index in [4.69, 9.17) is 28.4 Å². The van der Waals surface area contributed by atoms with Gasteiger partial charge >= 0.3 is 18.1 Å². The van der Waals surface area contributed by atoms with Crippen LogP contribution in [0.2, 0.25) is 0 Å². The topological polar surface area (TPSA) is 113 Å². The number of ether oxygens (including phenoxy) is 6. The highest BCUT2D eigenvalue weighted by atomic mass is 16.7. The van der Waals surface area contributed by atoms with Gasteiger partial charge in [0.2, 0.25) is 0 Å². The van der Waals surface area contributed by atoms with Gasteiger partial charge in [-0.1, -0.05) is 18.7 Å². The SMILES string of the molecule is C=C1C(=O)O[C@H]2[C@H]1CC/C1=C\C/C(=C3/C(=O)O[C@H]4[C@H]3CC/C(=C\CC[C@@]3(C)O[C@@H]43)COC(=O)OC1)[C@@]1(C)O[C@@H]21. The summed E-state index contributed by atoms with van der Waals surface area (Å²) in [6.07, 6.45) is 6.49. The van der Waals surface area contributed by atoms with Gasteiger partial charge < -0.3 is 28.4 Å². The number of esters is 2. The predicted octanol–water partition coefficient (Wildman–Crippen LogP) is 4.01. The molecule has 5 heterocycles. The lowest BCUT2D eigenvalue weighted by molar-refractivity contribution is -0.141. The molecule has 4 fully saturated rings. The highest BCUT2D eigenvalue weighted by Crippen LogP contribution is 2.56. The van der Waals surface area contributed by atoms with Crippen LogP contribution in [0.4, 0.5) is 4.79 Å². The molecular weight excluding hydrogens is 504 g/mol. The van der Waals surface area contributed by atoms with Crippen molar-refractivity contribution in [2.24, 2.45) is 11.8 Å². The second kappa shape index (κ2) is 8.80. The number of hydrogen-bond acceptors (Lipinski definition) is 9. The fourth-order valence-electron chi connectivity index (χ4n) is 7.36. The van der Waals surface area contributed by atoms with Crippen molar-refractivity contribution in [2.75, 3.05) is 13.2 Å². The quantitative estimate of drug-likeness (QED) is 0.148. The largest absolute Gasteiger partial charge is 0.508 e. The molecule has 0 aromatic carbocycles. The Morgan fingerprint density at radius 3 is 2.28 bits per heavy atom. The first-order chi connectivity index (χ1) is 18.7. The van der Waals surface area contributed by atoms with Gasteiger partial charge in [0.1, 0.15) is 43.2 Å². The number of hydrogen-bond donors (Lipinski definition) is 0. The van der Waals surface area contributed by atoms with Gasteiger partial charge in [-0.25, -0.2) is 14.4 Å². The van der Waals surface area contributed by atoms with E-state index in [1.165, 1.54) is 0 Å². The van der Waals surface area contributed by atoms with Crippen LogP contribution >= 0.6 is 0 Å². The van der Waals surface area contributed by atoms with Gasteiger partial charge in [0.05, 0.1) is 5.60 Å². The number of fused-ring (bicyclic) bond motifs is 10. The highest BCUT2D eigenvalue weighted by molar-refractivity contribution is 5.93. The second-order valence-corrected chi connectivity index (χ2v) is 12.2. The van der Waals surface area contributed by atoms with E-state index < -0.39 is 23.8 Å². The zero-order valence-electron chi connectivity index (χ0n) is 22.4. The molecule has 7 rings (SSSR count). The molecule has 9 heteroatoms. The van der Waals surface area contributed by atoms with Crippen molar-refractivity contribution in [3.05, 3.63) is 46.6 Å². The minimum atomic E-state index is -0.797. The zero-order valence-corrected chi connectivity index (χ0v) is 22.4. The van der Waals surface area contributed by atoms with E-state index in [2.05, 4.69) is 19.6 Å². The van der Waals surface area contributed by atoms with Crippen LogP contribution in [0.5, 0.6) is 0 Å². The van der Waals surface area contributed by atoms with Gasteiger partial charge in [-0.15, -0.1) is 0 Å². The average Bonchev–Trinajstić information content (AvgIpc) is 3.71. The van der Waals surface area contributed by atoms with E-state index in [1.54, 1.807) is 0 Å². The first-order valence-electron chi connectivity index (χ1n) is 14.0. The molecule has 4 bridgehead atoms. The summed E-state index contributed by atoms with van der Waals surface area (Å²) in [7, 11) is 0. The number of carbonyl (C=O) groups excluding carboxylic acids is 3. The summed E-state index contributed by atoms with van der Waals surface area (Å²) in [5, 5.41) is 0. The molecule has 7 aliphatic rings. The maximum absolute atomic E-state index is 13.7. The Kier molecular flexibility index (Phi) is 5.66. The molecule has 4 saturated heterocycles. The number of carbonyl (C=O) groups is 3. The van der Waals surface area contributed by atoms with Crippen LogP contribution in [0.3, 0.4) is 0 Å². The van der Waals surface area contributed by atoms with Crippen LogP contribution in [-0.2, 0) is 38.0 Å². The number of cyclic esters (lactones) is 2.